The molecule has 2 heterocycles. The first-order chi connectivity index (χ1) is 13.5. The number of methoxy groups -OCH3 is 1. The van der Waals surface area contributed by atoms with Crippen molar-refractivity contribution in [3.63, 3.8) is 0 Å². The van der Waals surface area contributed by atoms with Crippen molar-refractivity contribution in [2.24, 2.45) is 5.73 Å². The Labute approximate surface area is 164 Å². The molecule has 1 amide bonds. The van der Waals surface area contributed by atoms with Crippen molar-refractivity contribution in [3.05, 3.63) is 29.7 Å². The van der Waals surface area contributed by atoms with E-state index in [1.54, 1.807) is 6.07 Å². The van der Waals surface area contributed by atoms with Gasteiger partial charge in [0, 0.05) is 19.2 Å². The summed E-state index contributed by atoms with van der Waals surface area (Å²) in [5, 5.41) is 17.0. The van der Waals surface area contributed by atoms with E-state index in [9.17, 15) is 9.59 Å². The average Bonchev–Trinajstić information content (AvgIpc) is 3.14. The van der Waals surface area contributed by atoms with Gasteiger partial charge < -0.3 is 36.3 Å². The quantitative estimate of drug-likeness (QED) is 0.220. The summed E-state index contributed by atoms with van der Waals surface area (Å²) in [5.74, 6) is -0.257. The van der Waals surface area contributed by atoms with Gasteiger partial charge in [-0.15, -0.1) is 0 Å². The molecule has 1 aliphatic rings. The lowest BCUT2D eigenvalue weighted by Gasteiger charge is -2.08. The molecule has 1 aliphatic heterocycles. The first-order valence-corrected chi connectivity index (χ1v) is 9.07. The fourth-order valence-corrected chi connectivity index (χ4v) is 2.33. The van der Waals surface area contributed by atoms with Crippen molar-refractivity contribution in [3.8, 4) is 0 Å². The Morgan fingerprint density at radius 3 is 2.86 bits per heavy atom. The van der Waals surface area contributed by atoms with Crippen LogP contribution < -0.4 is 21.7 Å². The Balaban J connectivity index is 0.00000190. The third-order valence-electron chi connectivity index (χ3n) is 3.59. The lowest BCUT2D eigenvalue weighted by Crippen LogP contribution is -2.28. The summed E-state index contributed by atoms with van der Waals surface area (Å²) in [6, 6.07) is 1.26. The zero-order valence-electron chi connectivity index (χ0n) is 16.4. The maximum absolute atomic E-state index is 12.1. The normalized spacial score (nSPS) is 14.9. The summed E-state index contributed by atoms with van der Waals surface area (Å²) in [6.07, 6.45) is 3.29. The smallest absolute Gasteiger partial charge is 0.328 e. The van der Waals surface area contributed by atoms with Crippen LogP contribution in [-0.4, -0.2) is 61.5 Å². The van der Waals surface area contributed by atoms with Crippen LogP contribution in [0.25, 0.3) is 0 Å². The van der Waals surface area contributed by atoms with E-state index >= 15 is 0 Å². The van der Waals surface area contributed by atoms with Crippen molar-refractivity contribution in [2.45, 2.75) is 26.3 Å². The topological polar surface area (TPSA) is 148 Å². The van der Waals surface area contributed by atoms with Crippen LogP contribution in [0.1, 0.15) is 19.4 Å². The molecule has 2 rings (SSSR count). The second-order valence-electron chi connectivity index (χ2n) is 5.50. The van der Waals surface area contributed by atoms with Crippen LogP contribution in [-0.2, 0) is 25.5 Å². The number of nitrogens with zero attached hydrogens (tertiary/aromatic N) is 1. The number of carbonyl (C=O) groups excluding carboxylic acids is 2. The van der Waals surface area contributed by atoms with E-state index < -0.39 is 11.9 Å². The van der Waals surface area contributed by atoms with Crippen molar-refractivity contribution >= 4 is 23.4 Å². The molecule has 0 spiro atoms. The van der Waals surface area contributed by atoms with E-state index in [0.717, 1.165) is 5.56 Å². The fraction of sp³-hybridized carbons (Fsp3) is 0.500. The number of hydrogen-bond acceptors (Lipinski definition) is 9. The second kappa shape index (κ2) is 12.5. The maximum Gasteiger partial charge on any atom is 0.328 e. The number of aromatic nitrogens is 1. The minimum Gasteiger partial charge on any atom is -0.467 e. The second-order valence-corrected chi connectivity index (χ2v) is 5.50. The molecule has 10 nitrogen and oxygen atoms in total. The molecule has 0 saturated heterocycles. The standard InChI is InChI=1S/C16H23N5O5.C2H6/c1-25-16(24)13-7-10-6-11(8-19-14(10)21-13)20-15(23)12(17)9-18-2-4-26-5-3-22;1-2/h6,8-9,13,18,22H,2-5,7,17H2,1H3,(H,19,21)(H,20,23);1-2H3/b12-9-;. The van der Waals surface area contributed by atoms with Crippen LogP contribution in [0, 0.1) is 0 Å². The first-order valence-electron chi connectivity index (χ1n) is 9.07. The van der Waals surface area contributed by atoms with E-state index in [1.165, 1.54) is 19.5 Å². The van der Waals surface area contributed by atoms with Gasteiger partial charge in [-0.1, -0.05) is 13.8 Å². The maximum atomic E-state index is 12.1. The molecule has 0 aromatic carbocycles. The number of amides is 1. The van der Waals surface area contributed by atoms with Crippen LogP contribution in [0.5, 0.6) is 0 Å². The van der Waals surface area contributed by atoms with Crippen molar-refractivity contribution in [1.82, 2.24) is 10.3 Å². The van der Waals surface area contributed by atoms with E-state index in [4.69, 9.17) is 20.3 Å². The number of ether oxygens (including phenoxy) is 2. The average molecular weight is 395 g/mol. The minimum absolute atomic E-state index is 0.00165. The monoisotopic (exact) mass is 395 g/mol. The number of aliphatic hydroxyl groups excluding tert-OH is 1. The highest BCUT2D eigenvalue weighted by Crippen LogP contribution is 2.26. The number of nitrogens with one attached hydrogen (secondary N) is 3. The molecule has 0 bridgehead atoms. The zero-order valence-corrected chi connectivity index (χ0v) is 16.4. The lowest BCUT2D eigenvalue weighted by molar-refractivity contribution is -0.141. The number of rotatable bonds is 9. The molecule has 156 valence electrons. The van der Waals surface area contributed by atoms with Gasteiger partial charge in [0.25, 0.3) is 5.91 Å². The van der Waals surface area contributed by atoms with Gasteiger partial charge in [0.1, 0.15) is 17.6 Å². The molecule has 0 radical (unpaired) electrons. The van der Waals surface area contributed by atoms with Crippen LogP contribution in [0.2, 0.25) is 0 Å². The Bertz CT molecular complexity index is 680. The van der Waals surface area contributed by atoms with Crippen molar-refractivity contribution in [2.75, 3.05) is 44.1 Å². The molecule has 0 saturated carbocycles. The largest absolute Gasteiger partial charge is 0.467 e. The Hall–Kier alpha value is -2.85. The fourth-order valence-electron chi connectivity index (χ4n) is 2.33. The summed E-state index contributed by atoms with van der Waals surface area (Å²) < 4.78 is 9.78. The number of pyridine rings is 1. The number of carbonyl (C=O) groups is 2. The van der Waals surface area contributed by atoms with Gasteiger partial charge in [0.2, 0.25) is 0 Å². The number of hydrogen-bond donors (Lipinski definition) is 5. The molecule has 1 aromatic rings. The van der Waals surface area contributed by atoms with Crippen LogP contribution in [0.4, 0.5) is 11.5 Å². The molecule has 1 atom stereocenters. The third kappa shape index (κ3) is 7.05. The van der Waals surface area contributed by atoms with Gasteiger partial charge in [-0.25, -0.2) is 9.78 Å². The minimum atomic E-state index is -0.481. The Morgan fingerprint density at radius 1 is 1.43 bits per heavy atom. The van der Waals surface area contributed by atoms with Gasteiger partial charge in [-0.3, -0.25) is 4.79 Å². The molecule has 1 aromatic heterocycles. The summed E-state index contributed by atoms with van der Waals surface area (Å²) >= 11 is 0. The Morgan fingerprint density at radius 2 is 2.18 bits per heavy atom. The van der Waals surface area contributed by atoms with E-state index in [0.29, 0.717) is 31.1 Å². The highest BCUT2D eigenvalue weighted by atomic mass is 16.5. The summed E-state index contributed by atoms with van der Waals surface area (Å²) in [5.41, 5.74) is 6.99. The van der Waals surface area contributed by atoms with Crippen LogP contribution >= 0.6 is 0 Å². The highest BCUT2D eigenvalue weighted by Gasteiger charge is 2.28. The first kappa shape index (κ1) is 23.2. The molecule has 1 unspecified atom stereocenters. The highest BCUT2D eigenvalue weighted by molar-refractivity contribution is 6.03. The van der Waals surface area contributed by atoms with Gasteiger partial charge >= 0.3 is 5.97 Å². The van der Waals surface area contributed by atoms with Gasteiger partial charge in [-0.2, -0.15) is 0 Å². The summed E-state index contributed by atoms with van der Waals surface area (Å²) in [6.45, 7) is 5.06. The van der Waals surface area contributed by atoms with Crippen LogP contribution in [0.3, 0.4) is 0 Å². The van der Waals surface area contributed by atoms with Crippen molar-refractivity contribution in [1.29, 1.82) is 0 Å². The van der Waals surface area contributed by atoms with Gasteiger partial charge in [0.05, 0.1) is 38.8 Å². The zero-order chi connectivity index (χ0) is 20.9. The predicted octanol–water partition coefficient (Wildman–Crippen LogP) is -0.0455. The molecular formula is C18H29N5O5. The van der Waals surface area contributed by atoms with E-state index in [-0.39, 0.29) is 24.9 Å². The van der Waals surface area contributed by atoms with E-state index in [1.807, 2.05) is 13.8 Å². The Kier molecular flexibility index (Phi) is 10.4. The number of aliphatic hydroxyl groups is 1. The lowest BCUT2D eigenvalue weighted by atomic mass is 10.1. The molecule has 0 fully saturated rings. The van der Waals surface area contributed by atoms with Crippen LogP contribution in [0.15, 0.2) is 24.2 Å². The molecule has 6 N–H and O–H groups in total. The predicted molar refractivity (Wildman–Crippen MR) is 106 cm³/mol. The third-order valence-corrected chi connectivity index (χ3v) is 3.59. The number of fused-ring (bicyclic) bond motifs is 1. The molecule has 28 heavy (non-hydrogen) atoms. The summed E-state index contributed by atoms with van der Waals surface area (Å²) in [4.78, 5) is 27.9. The number of anilines is 2. The molecular weight excluding hydrogens is 366 g/mol. The number of nitrogens with two attached hydrogens (primary N) is 1. The summed E-state index contributed by atoms with van der Waals surface area (Å²) in [7, 11) is 1.33. The van der Waals surface area contributed by atoms with Crippen molar-refractivity contribution < 1.29 is 24.2 Å². The number of esters is 1. The van der Waals surface area contributed by atoms with E-state index in [2.05, 4.69) is 20.9 Å². The molecule has 10 heteroatoms. The van der Waals surface area contributed by atoms with Gasteiger partial charge in [-0.05, 0) is 11.6 Å². The molecule has 0 aliphatic carbocycles. The van der Waals surface area contributed by atoms with Gasteiger partial charge in [0.15, 0.2) is 0 Å². The SMILES string of the molecule is CC.COC(=O)C1Cc2cc(NC(=O)/C(N)=C/NCCOCCO)cnc2N1.